The van der Waals surface area contributed by atoms with E-state index in [1.165, 1.54) is 7.05 Å². The zero-order chi connectivity index (χ0) is 9.35. The van der Waals surface area contributed by atoms with Gasteiger partial charge in [0.15, 0.2) is 12.1 Å². The van der Waals surface area contributed by atoms with E-state index in [1.54, 1.807) is 0 Å². The molecule has 0 N–H and O–H groups in total. The number of carbonyl (C=O) groups is 1. The highest BCUT2D eigenvalue weighted by atomic mass is 19.3. The zero-order valence-corrected chi connectivity index (χ0v) is 6.71. The van der Waals surface area contributed by atoms with Gasteiger partial charge in [-0.1, -0.05) is 0 Å². The van der Waals surface area contributed by atoms with Crippen LogP contribution < -0.4 is 0 Å². The number of hydrogen-bond acceptors (Lipinski definition) is 2. The molecule has 66 valence electrons. The smallest absolute Gasteiger partial charge is 0.302 e. The fourth-order valence-electron chi connectivity index (χ4n) is 0.940. The van der Waals surface area contributed by atoms with Gasteiger partial charge in [0, 0.05) is 14.0 Å². The average Bonchev–Trinajstić information content (AvgIpc) is 2.29. The molecule has 0 saturated heterocycles. The van der Waals surface area contributed by atoms with E-state index in [-0.39, 0.29) is 5.69 Å². The summed E-state index contributed by atoms with van der Waals surface area (Å²) in [5.74, 6) is -3.40. The van der Waals surface area contributed by atoms with Crippen molar-refractivity contribution in [2.24, 2.45) is 7.05 Å². The van der Waals surface area contributed by atoms with E-state index >= 15 is 0 Å². The van der Waals surface area contributed by atoms with Crippen LogP contribution in [0.3, 0.4) is 0 Å². The Labute approximate surface area is 68.0 Å². The molecule has 1 aromatic rings. The van der Waals surface area contributed by atoms with Gasteiger partial charge in [0.2, 0.25) is 0 Å². The third-order valence-corrected chi connectivity index (χ3v) is 1.54. The normalized spacial score (nSPS) is 11.7. The van der Waals surface area contributed by atoms with Gasteiger partial charge in [-0.25, -0.2) is 4.98 Å². The van der Waals surface area contributed by atoms with Gasteiger partial charge in [0.05, 0.1) is 6.20 Å². The van der Waals surface area contributed by atoms with Crippen LogP contribution >= 0.6 is 0 Å². The Morgan fingerprint density at radius 3 is 2.50 bits per heavy atom. The summed E-state index contributed by atoms with van der Waals surface area (Å²) in [6, 6.07) is 0. The summed E-state index contributed by atoms with van der Waals surface area (Å²) < 4.78 is 26.4. The summed E-state index contributed by atoms with van der Waals surface area (Å²) in [7, 11) is 1.38. The lowest BCUT2D eigenvalue weighted by Crippen LogP contribution is -2.15. The number of hydrogen-bond donors (Lipinski definition) is 0. The van der Waals surface area contributed by atoms with Crippen molar-refractivity contribution in [2.75, 3.05) is 0 Å². The first kappa shape index (κ1) is 8.83. The van der Waals surface area contributed by atoms with Crippen molar-refractivity contribution in [2.45, 2.75) is 12.8 Å². The maximum absolute atomic E-state index is 12.7. The van der Waals surface area contributed by atoms with Crippen molar-refractivity contribution in [3.05, 3.63) is 17.7 Å². The molecule has 1 heterocycles. The van der Waals surface area contributed by atoms with Crippen molar-refractivity contribution < 1.29 is 13.6 Å². The molecular weight excluding hydrogens is 166 g/mol. The van der Waals surface area contributed by atoms with Crippen LogP contribution in [0.2, 0.25) is 0 Å². The minimum Gasteiger partial charge on any atom is -0.324 e. The van der Waals surface area contributed by atoms with Crippen LogP contribution in [0.5, 0.6) is 0 Å². The molecule has 3 nitrogen and oxygen atoms in total. The van der Waals surface area contributed by atoms with Gasteiger partial charge in [-0.2, -0.15) is 8.78 Å². The second-order valence-corrected chi connectivity index (χ2v) is 2.57. The van der Waals surface area contributed by atoms with E-state index < -0.39 is 11.7 Å². The molecule has 12 heavy (non-hydrogen) atoms. The van der Waals surface area contributed by atoms with Crippen LogP contribution in [-0.2, 0) is 13.0 Å². The van der Waals surface area contributed by atoms with Crippen LogP contribution in [0.25, 0.3) is 0 Å². The maximum atomic E-state index is 12.7. The Kier molecular flexibility index (Phi) is 1.95. The molecule has 5 heteroatoms. The van der Waals surface area contributed by atoms with Crippen LogP contribution in [0.1, 0.15) is 23.2 Å². The number of nitrogens with zero attached hydrogens (tertiary/aromatic N) is 2. The zero-order valence-electron chi connectivity index (χ0n) is 6.71. The van der Waals surface area contributed by atoms with Gasteiger partial charge in [0.25, 0.3) is 0 Å². The second-order valence-electron chi connectivity index (χ2n) is 2.57. The molecule has 0 aliphatic heterocycles. The van der Waals surface area contributed by atoms with E-state index in [2.05, 4.69) is 4.98 Å². The summed E-state index contributed by atoms with van der Waals surface area (Å²) in [5, 5.41) is 0. The molecule has 0 saturated carbocycles. The van der Waals surface area contributed by atoms with Gasteiger partial charge in [0.1, 0.15) is 5.69 Å². The third kappa shape index (κ3) is 1.34. The molecule has 0 amide bonds. The van der Waals surface area contributed by atoms with Gasteiger partial charge < -0.3 is 4.57 Å². The molecule has 0 radical (unpaired) electrons. The maximum Gasteiger partial charge on any atom is 0.302 e. The molecule has 1 aromatic heterocycles. The molecule has 0 spiro atoms. The summed E-state index contributed by atoms with van der Waals surface area (Å²) >= 11 is 0. The quantitative estimate of drug-likeness (QED) is 0.634. The first-order valence-electron chi connectivity index (χ1n) is 3.32. The lowest BCUT2D eigenvalue weighted by molar-refractivity contribution is 0.00496. The molecule has 0 bridgehead atoms. The van der Waals surface area contributed by atoms with Crippen LogP contribution in [0, 0.1) is 0 Å². The van der Waals surface area contributed by atoms with Gasteiger partial charge >= 0.3 is 5.92 Å². The molecule has 1 rings (SSSR count). The van der Waals surface area contributed by atoms with E-state index in [9.17, 15) is 13.6 Å². The minimum atomic E-state index is -3.00. The fraction of sp³-hybridized carbons (Fsp3) is 0.429. The Bertz CT molecular complexity index is 301. The molecule has 0 fully saturated rings. The predicted octanol–water partition coefficient (Wildman–Crippen LogP) is 1.34. The van der Waals surface area contributed by atoms with Crippen molar-refractivity contribution in [3.63, 3.8) is 0 Å². The van der Waals surface area contributed by atoms with Gasteiger partial charge in [-0.15, -0.1) is 0 Å². The second kappa shape index (κ2) is 2.66. The number of halogens is 2. The highest BCUT2D eigenvalue weighted by Crippen LogP contribution is 2.25. The first-order valence-corrected chi connectivity index (χ1v) is 3.32. The average molecular weight is 174 g/mol. The molecule has 0 aliphatic rings. The Balaban J connectivity index is 3.19. The van der Waals surface area contributed by atoms with Crippen molar-refractivity contribution in [3.8, 4) is 0 Å². The van der Waals surface area contributed by atoms with E-state index in [0.717, 1.165) is 17.7 Å². The number of imidazole rings is 1. The highest BCUT2D eigenvalue weighted by molar-refractivity contribution is 5.71. The summed E-state index contributed by atoms with van der Waals surface area (Å²) in [4.78, 5) is 13.7. The SMILES string of the molecule is Cn1c(C=O)cnc1C(C)(F)F. The van der Waals surface area contributed by atoms with Crippen molar-refractivity contribution >= 4 is 6.29 Å². The summed E-state index contributed by atoms with van der Waals surface area (Å²) in [6.45, 7) is 0.740. The van der Waals surface area contributed by atoms with Crippen LogP contribution in [-0.4, -0.2) is 15.8 Å². The van der Waals surface area contributed by atoms with Crippen LogP contribution in [0.15, 0.2) is 6.20 Å². The van der Waals surface area contributed by atoms with Gasteiger partial charge in [-0.05, 0) is 0 Å². The lowest BCUT2D eigenvalue weighted by Gasteiger charge is -2.09. The standard InChI is InChI=1S/C7H8F2N2O/c1-7(8,9)6-10-3-5(4-12)11(6)2/h3-4H,1-2H3. The van der Waals surface area contributed by atoms with Crippen molar-refractivity contribution in [1.29, 1.82) is 0 Å². The molecule has 0 aliphatic carbocycles. The Morgan fingerprint density at radius 2 is 2.25 bits per heavy atom. The number of aromatic nitrogens is 2. The topological polar surface area (TPSA) is 34.9 Å². The van der Waals surface area contributed by atoms with E-state index in [4.69, 9.17) is 0 Å². The minimum absolute atomic E-state index is 0.145. The molecular formula is C7H8F2N2O. The number of carbonyl (C=O) groups excluding carboxylic acids is 1. The van der Waals surface area contributed by atoms with Crippen LogP contribution in [0.4, 0.5) is 8.78 Å². The molecule has 0 unspecified atom stereocenters. The monoisotopic (exact) mass is 174 g/mol. The largest absolute Gasteiger partial charge is 0.324 e. The number of aldehydes is 1. The number of rotatable bonds is 2. The number of alkyl halides is 2. The highest BCUT2D eigenvalue weighted by Gasteiger charge is 2.30. The summed E-state index contributed by atoms with van der Waals surface area (Å²) in [6.07, 6.45) is 1.61. The first-order chi connectivity index (χ1) is 5.46. The van der Waals surface area contributed by atoms with E-state index in [0.29, 0.717) is 6.29 Å². The predicted molar refractivity (Wildman–Crippen MR) is 38.2 cm³/mol. The Morgan fingerprint density at radius 1 is 1.67 bits per heavy atom. The molecule has 0 atom stereocenters. The lowest BCUT2D eigenvalue weighted by atomic mass is 10.3. The van der Waals surface area contributed by atoms with E-state index in [1.807, 2.05) is 0 Å². The third-order valence-electron chi connectivity index (χ3n) is 1.54. The van der Waals surface area contributed by atoms with Crippen molar-refractivity contribution in [1.82, 2.24) is 9.55 Å². The Hall–Kier alpha value is -1.26. The summed E-state index contributed by atoms with van der Waals surface area (Å²) in [5.41, 5.74) is 0.145. The fourth-order valence-corrected chi connectivity index (χ4v) is 0.940. The molecule has 0 aromatic carbocycles. The van der Waals surface area contributed by atoms with Gasteiger partial charge in [-0.3, -0.25) is 4.79 Å².